The predicted octanol–water partition coefficient (Wildman–Crippen LogP) is 9.97. The van der Waals surface area contributed by atoms with Crippen molar-refractivity contribution >= 4 is 15.0 Å². The number of hydrogen-bond donors (Lipinski definition) is 0. The molecule has 0 heterocycles. The van der Waals surface area contributed by atoms with Crippen molar-refractivity contribution in [3.8, 4) is 23.0 Å². The van der Waals surface area contributed by atoms with E-state index in [1.54, 1.807) is 12.1 Å². The molecule has 0 aliphatic heterocycles. The first-order valence-electron chi connectivity index (χ1n) is 14.0. The molecule has 4 heteroatoms. The molecule has 5 rings (SSSR count). The van der Waals surface area contributed by atoms with Gasteiger partial charge in [0.15, 0.2) is 5.78 Å². The highest BCUT2D eigenvalue weighted by atomic mass is 31.0. The molecule has 5 aromatic carbocycles. The van der Waals surface area contributed by atoms with Crippen molar-refractivity contribution < 1.29 is 14.3 Å². The quantitative estimate of drug-likeness (QED) is 0.126. The van der Waals surface area contributed by atoms with Crippen molar-refractivity contribution in [1.29, 1.82) is 0 Å². The summed E-state index contributed by atoms with van der Waals surface area (Å²) in [4.78, 5) is 12.7. The summed E-state index contributed by atoms with van der Waals surface area (Å²) < 4.78 is 12.1. The van der Waals surface area contributed by atoms with Crippen LogP contribution in [0, 0.1) is 12.8 Å². The summed E-state index contributed by atoms with van der Waals surface area (Å²) in [6.45, 7) is 6.51. The van der Waals surface area contributed by atoms with E-state index >= 15 is 0 Å². The van der Waals surface area contributed by atoms with Crippen LogP contribution in [0.25, 0.3) is 0 Å². The molecule has 0 bridgehead atoms. The van der Waals surface area contributed by atoms with Crippen LogP contribution in [0.3, 0.4) is 0 Å². The zero-order valence-electron chi connectivity index (χ0n) is 23.7. The van der Waals surface area contributed by atoms with Crippen molar-refractivity contribution in [1.82, 2.24) is 0 Å². The second-order valence-corrected chi connectivity index (χ2v) is 11.5. The molecule has 0 amide bonds. The Bertz CT molecular complexity index is 1590. The summed E-state index contributed by atoms with van der Waals surface area (Å²) in [5.74, 6) is 3.50. The smallest absolute Gasteiger partial charge is 0.193 e. The Morgan fingerprint density at radius 1 is 0.634 bits per heavy atom. The van der Waals surface area contributed by atoms with Crippen molar-refractivity contribution in [3.63, 3.8) is 0 Å². The third-order valence-corrected chi connectivity index (χ3v) is 7.69. The van der Waals surface area contributed by atoms with E-state index < -0.39 is 0 Å². The predicted molar refractivity (Wildman–Crippen MR) is 171 cm³/mol. The molecule has 0 saturated heterocycles. The van der Waals surface area contributed by atoms with E-state index in [1.807, 2.05) is 79.7 Å². The lowest BCUT2D eigenvalue weighted by molar-refractivity contribution is 0.103. The molecule has 41 heavy (non-hydrogen) atoms. The molecule has 0 N–H and O–H groups in total. The SMILES string of the molecule is Cc1ccc(C(=O)c2ccc(Oc3ccc(Oc4ccc(C(P)c5cccc(CC(C)C)c5)cc4)cc3)cc2)cc1. The molecule has 2 atom stereocenters. The monoisotopic (exact) mass is 558 g/mol. The first kappa shape index (κ1) is 28.3. The lowest BCUT2D eigenvalue weighted by atomic mass is 9.98. The molecule has 206 valence electrons. The van der Waals surface area contributed by atoms with Gasteiger partial charge in [0, 0.05) is 16.8 Å². The van der Waals surface area contributed by atoms with Crippen LogP contribution in [0.15, 0.2) is 121 Å². The summed E-state index contributed by atoms with van der Waals surface area (Å²) in [6.07, 6.45) is 1.09. The minimum absolute atomic E-state index is 0.00450. The second-order valence-electron chi connectivity index (χ2n) is 10.8. The number of ether oxygens (including phenoxy) is 2. The van der Waals surface area contributed by atoms with Gasteiger partial charge in [-0.3, -0.25) is 4.79 Å². The minimum atomic E-state index is -0.00450. The summed E-state index contributed by atoms with van der Waals surface area (Å²) in [6, 6.07) is 39.4. The van der Waals surface area contributed by atoms with E-state index in [0.717, 1.165) is 23.5 Å². The van der Waals surface area contributed by atoms with Crippen molar-refractivity contribution in [3.05, 3.63) is 155 Å². The maximum Gasteiger partial charge on any atom is 0.193 e. The molecule has 3 nitrogen and oxygen atoms in total. The molecular formula is C37H35O3P. The molecule has 0 aromatic heterocycles. The van der Waals surface area contributed by atoms with Crippen LogP contribution in [0.5, 0.6) is 23.0 Å². The minimum Gasteiger partial charge on any atom is -0.457 e. The number of rotatable bonds is 10. The van der Waals surface area contributed by atoms with Gasteiger partial charge in [-0.05, 0) is 96.6 Å². The molecule has 0 saturated carbocycles. The van der Waals surface area contributed by atoms with Crippen LogP contribution in [0.1, 0.15) is 57.7 Å². The number of benzene rings is 5. The van der Waals surface area contributed by atoms with E-state index in [-0.39, 0.29) is 11.4 Å². The third kappa shape index (κ3) is 7.51. The lowest BCUT2D eigenvalue weighted by Crippen LogP contribution is -2.00. The van der Waals surface area contributed by atoms with Crippen LogP contribution in [0.2, 0.25) is 0 Å². The zero-order valence-corrected chi connectivity index (χ0v) is 24.9. The summed E-state index contributed by atoms with van der Waals surface area (Å²) in [5, 5.41) is 0. The lowest BCUT2D eigenvalue weighted by Gasteiger charge is -2.15. The average molecular weight is 559 g/mol. The largest absolute Gasteiger partial charge is 0.457 e. The molecule has 0 aliphatic carbocycles. The van der Waals surface area contributed by atoms with Gasteiger partial charge in [-0.15, -0.1) is 9.24 Å². The second kappa shape index (κ2) is 13.0. The average Bonchev–Trinajstić information content (AvgIpc) is 2.98. The highest BCUT2D eigenvalue weighted by molar-refractivity contribution is 7.17. The summed E-state index contributed by atoms with van der Waals surface area (Å²) in [5.41, 5.74) is 6.55. The molecule has 0 fully saturated rings. The first-order valence-corrected chi connectivity index (χ1v) is 14.6. The van der Waals surface area contributed by atoms with E-state index in [9.17, 15) is 4.79 Å². The van der Waals surface area contributed by atoms with Crippen LogP contribution >= 0.6 is 9.24 Å². The third-order valence-electron chi connectivity index (χ3n) is 6.92. The Balaban J connectivity index is 1.17. The maximum absolute atomic E-state index is 12.7. The van der Waals surface area contributed by atoms with E-state index in [0.29, 0.717) is 28.5 Å². The van der Waals surface area contributed by atoms with Crippen LogP contribution in [0.4, 0.5) is 0 Å². The highest BCUT2D eigenvalue weighted by Crippen LogP contribution is 2.34. The molecular weight excluding hydrogens is 523 g/mol. The number of carbonyl (C=O) groups is 1. The van der Waals surface area contributed by atoms with Crippen molar-refractivity contribution in [2.75, 3.05) is 0 Å². The number of aryl methyl sites for hydroxylation is 1. The van der Waals surface area contributed by atoms with Gasteiger partial charge in [0.2, 0.25) is 0 Å². The summed E-state index contributed by atoms with van der Waals surface area (Å²) >= 11 is 0. The maximum atomic E-state index is 12.7. The first-order chi connectivity index (χ1) is 19.8. The van der Waals surface area contributed by atoms with Gasteiger partial charge in [0.25, 0.3) is 0 Å². The van der Waals surface area contributed by atoms with Crippen molar-refractivity contribution in [2.45, 2.75) is 32.9 Å². The van der Waals surface area contributed by atoms with Gasteiger partial charge < -0.3 is 9.47 Å². The number of hydrogen-bond acceptors (Lipinski definition) is 3. The van der Waals surface area contributed by atoms with Crippen LogP contribution in [-0.2, 0) is 6.42 Å². The number of carbonyl (C=O) groups excluding carboxylic acids is 1. The Labute approximate surface area is 245 Å². The molecule has 0 aliphatic rings. The van der Waals surface area contributed by atoms with Crippen LogP contribution < -0.4 is 9.47 Å². The van der Waals surface area contributed by atoms with Gasteiger partial charge in [0.05, 0.1) is 0 Å². The zero-order chi connectivity index (χ0) is 28.8. The van der Waals surface area contributed by atoms with Gasteiger partial charge >= 0.3 is 0 Å². The Morgan fingerprint density at radius 2 is 1.10 bits per heavy atom. The Kier molecular flexibility index (Phi) is 8.97. The fraction of sp³-hybridized carbons (Fsp3) is 0.162. The van der Waals surface area contributed by atoms with Gasteiger partial charge in [-0.1, -0.05) is 80.1 Å². The van der Waals surface area contributed by atoms with Gasteiger partial charge in [-0.2, -0.15) is 0 Å². The van der Waals surface area contributed by atoms with Gasteiger partial charge in [-0.25, -0.2) is 0 Å². The van der Waals surface area contributed by atoms with E-state index in [1.165, 1.54) is 16.7 Å². The highest BCUT2D eigenvalue weighted by Gasteiger charge is 2.11. The molecule has 5 aromatic rings. The van der Waals surface area contributed by atoms with E-state index in [4.69, 9.17) is 9.47 Å². The topological polar surface area (TPSA) is 35.5 Å². The molecule has 2 unspecified atom stereocenters. The standard InChI is InChI=1S/C37H35O3P/c1-25(2)23-27-5-4-6-31(24-27)37(41)30-13-17-33(18-14-30)40-35-21-19-34(20-22-35)39-32-15-11-29(12-16-32)36(38)28-9-7-26(3)8-10-28/h4-22,24-25,37H,23,41H2,1-3H3. The van der Waals surface area contributed by atoms with Crippen LogP contribution in [-0.4, -0.2) is 5.78 Å². The van der Waals surface area contributed by atoms with Gasteiger partial charge in [0.1, 0.15) is 23.0 Å². The summed E-state index contributed by atoms with van der Waals surface area (Å²) in [7, 11) is 2.97. The fourth-order valence-corrected chi connectivity index (χ4v) is 5.14. The Morgan fingerprint density at radius 3 is 1.61 bits per heavy atom. The number of ketones is 1. The molecule has 0 spiro atoms. The van der Waals surface area contributed by atoms with Crippen molar-refractivity contribution in [2.24, 2.45) is 5.92 Å². The Hall–Kier alpha value is -4.20. The normalized spacial score (nSPS) is 11.7. The molecule has 0 radical (unpaired) electrons. The fourth-order valence-electron chi connectivity index (χ4n) is 4.71. The van der Waals surface area contributed by atoms with E-state index in [2.05, 4.69) is 59.5 Å².